The average Bonchev–Trinajstić information content (AvgIpc) is 3.47. The van der Waals surface area contributed by atoms with Gasteiger partial charge in [0.15, 0.2) is 0 Å². The van der Waals surface area contributed by atoms with E-state index in [9.17, 15) is 9.59 Å². The number of ketones is 1. The van der Waals surface area contributed by atoms with E-state index in [1.165, 1.54) is 15.8 Å². The Morgan fingerprint density at radius 2 is 1.84 bits per heavy atom. The summed E-state index contributed by atoms with van der Waals surface area (Å²) < 4.78 is 13.2. The largest absolute Gasteiger partial charge is 0.487 e. The number of esters is 1. The predicted molar refractivity (Wildman–Crippen MR) is 142 cm³/mol. The zero-order chi connectivity index (χ0) is 26.5. The Hall–Kier alpha value is -2.96. The summed E-state index contributed by atoms with van der Waals surface area (Å²) in [6.07, 6.45) is 11.9. The number of ether oxygens (including phenoxy) is 2. The molecule has 7 nitrogen and oxygen atoms in total. The number of carbonyl (C=O) groups is 2. The molecule has 6 atom stereocenters. The van der Waals surface area contributed by atoms with Gasteiger partial charge in [0.25, 0.3) is 0 Å². The van der Waals surface area contributed by atoms with E-state index >= 15 is 0 Å². The highest BCUT2D eigenvalue weighted by Gasteiger charge is 2.58. The van der Waals surface area contributed by atoms with Gasteiger partial charge in [-0.2, -0.15) is 0 Å². The number of benzene rings is 1. The number of carbonyl (C=O) groups excluding carboxylic acids is 2. The molecule has 1 heterocycles. The highest BCUT2D eigenvalue weighted by molar-refractivity contribution is 5.87. The summed E-state index contributed by atoms with van der Waals surface area (Å²) in [5.41, 5.74) is 3.38. The Bertz CT molecular complexity index is 1250. The van der Waals surface area contributed by atoms with Gasteiger partial charge >= 0.3 is 5.97 Å². The molecule has 6 rings (SSSR count). The van der Waals surface area contributed by atoms with Gasteiger partial charge in [0, 0.05) is 18.3 Å². The number of nitrogens with zero attached hydrogens (tertiary/aromatic N) is 3. The molecule has 0 amide bonds. The highest BCUT2D eigenvalue weighted by atomic mass is 16.5. The van der Waals surface area contributed by atoms with E-state index in [1.807, 2.05) is 31.2 Å². The van der Waals surface area contributed by atoms with Crippen molar-refractivity contribution in [2.24, 2.45) is 28.6 Å². The monoisotopic (exact) mass is 517 g/mol. The molecule has 2 aromatic rings. The molecule has 3 fully saturated rings. The molecule has 3 saturated carbocycles. The highest BCUT2D eigenvalue weighted by Crippen LogP contribution is 2.64. The van der Waals surface area contributed by atoms with Gasteiger partial charge in [-0.1, -0.05) is 48.4 Å². The van der Waals surface area contributed by atoms with Gasteiger partial charge in [-0.05, 0) is 80.8 Å². The normalized spacial score (nSPS) is 34.1. The molecule has 4 aliphatic carbocycles. The molecular formula is C31H39N3O4. The van der Waals surface area contributed by atoms with E-state index < -0.39 is 0 Å². The van der Waals surface area contributed by atoms with Crippen molar-refractivity contribution in [2.75, 3.05) is 0 Å². The third kappa shape index (κ3) is 4.48. The zero-order valence-electron chi connectivity index (χ0n) is 22.8. The molecule has 0 aliphatic heterocycles. The number of aryl methyl sites for hydroxylation is 1. The quantitative estimate of drug-likeness (QED) is 0.366. The lowest BCUT2D eigenvalue weighted by Gasteiger charge is -2.56. The van der Waals surface area contributed by atoms with Crippen molar-refractivity contribution in [1.82, 2.24) is 15.0 Å². The molecule has 0 bridgehead atoms. The summed E-state index contributed by atoms with van der Waals surface area (Å²) in [6, 6.07) is 7.85. The summed E-state index contributed by atoms with van der Waals surface area (Å²) in [5, 5.41) is 8.22. The lowest BCUT2D eigenvalue weighted by Crippen LogP contribution is -2.50. The minimum atomic E-state index is -0.276. The summed E-state index contributed by atoms with van der Waals surface area (Å²) in [6.45, 7) is 7.04. The fourth-order valence-corrected chi connectivity index (χ4v) is 8.13. The van der Waals surface area contributed by atoms with Gasteiger partial charge in [-0.15, -0.1) is 5.10 Å². The maximum absolute atomic E-state index is 12.8. The number of Topliss-reactive ketones (excluding diaryl/α,β-unsaturated/α-hetero) is 1. The Labute approximate surface area is 225 Å². The van der Waals surface area contributed by atoms with Crippen LogP contribution in [0.25, 0.3) is 0 Å². The van der Waals surface area contributed by atoms with Crippen molar-refractivity contribution in [3.63, 3.8) is 0 Å². The van der Waals surface area contributed by atoms with E-state index in [2.05, 4.69) is 30.2 Å². The van der Waals surface area contributed by atoms with Gasteiger partial charge in [0.05, 0.1) is 6.20 Å². The second-order valence-electron chi connectivity index (χ2n) is 12.5. The van der Waals surface area contributed by atoms with E-state index in [1.54, 1.807) is 6.20 Å². The molecule has 1 aromatic carbocycles. The first-order chi connectivity index (χ1) is 18.2. The molecule has 38 heavy (non-hydrogen) atoms. The SMILES string of the molecule is Cc1ccc(OCc2cn(CC(=O)O[C@H]3CC[C@@]4(C)C(=CC[C@@H]5[C@@H]4CC[C@]4(C)C(=O)CC[C@@H]54)C3)nn2)cc1. The van der Waals surface area contributed by atoms with Crippen LogP contribution >= 0.6 is 0 Å². The lowest BCUT2D eigenvalue weighted by molar-refractivity contribution is -0.152. The third-order valence-corrected chi connectivity index (χ3v) is 10.4. The van der Waals surface area contributed by atoms with Crippen molar-refractivity contribution in [2.45, 2.75) is 91.4 Å². The van der Waals surface area contributed by atoms with Crippen LogP contribution in [0.15, 0.2) is 42.1 Å². The Morgan fingerprint density at radius 3 is 2.66 bits per heavy atom. The summed E-state index contributed by atoms with van der Waals surface area (Å²) >= 11 is 0. The Kier molecular flexibility index (Phi) is 6.43. The standard InChI is InChI=1S/C31H39N3O4/c1-20-4-7-23(8-5-20)37-19-22-17-34(33-32-22)18-29(36)38-24-12-14-30(2)21(16-24)6-9-25-26-10-11-28(35)31(26,3)15-13-27(25)30/h4-8,17,24-27H,9-16,18-19H2,1-3H3/t24-,25-,26-,27-,30-,31-/m0/s1. The summed E-state index contributed by atoms with van der Waals surface area (Å²) in [4.78, 5) is 25.4. The summed E-state index contributed by atoms with van der Waals surface area (Å²) in [7, 11) is 0. The van der Waals surface area contributed by atoms with Crippen LogP contribution in [-0.2, 0) is 27.5 Å². The van der Waals surface area contributed by atoms with Crippen LogP contribution in [-0.4, -0.2) is 32.9 Å². The van der Waals surface area contributed by atoms with Crippen molar-refractivity contribution >= 4 is 11.8 Å². The Morgan fingerprint density at radius 1 is 1.08 bits per heavy atom. The Balaban J connectivity index is 1.03. The van der Waals surface area contributed by atoms with Crippen LogP contribution in [0, 0.1) is 35.5 Å². The number of hydrogen-bond acceptors (Lipinski definition) is 6. The number of hydrogen-bond donors (Lipinski definition) is 0. The zero-order valence-corrected chi connectivity index (χ0v) is 22.8. The number of aromatic nitrogens is 3. The van der Waals surface area contributed by atoms with Crippen LogP contribution in [0.3, 0.4) is 0 Å². The van der Waals surface area contributed by atoms with Crippen molar-refractivity contribution in [3.05, 3.63) is 53.4 Å². The van der Waals surface area contributed by atoms with E-state index in [4.69, 9.17) is 9.47 Å². The first-order valence-electron chi connectivity index (χ1n) is 14.3. The fourth-order valence-electron chi connectivity index (χ4n) is 8.13. The number of allylic oxidation sites excluding steroid dienone is 1. The fraction of sp³-hybridized carbons (Fsp3) is 0.613. The van der Waals surface area contributed by atoms with E-state index in [0.29, 0.717) is 35.8 Å². The van der Waals surface area contributed by atoms with Crippen molar-refractivity contribution < 1.29 is 19.1 Å². The molecule has 0 unspecified atom stereocenters. The maximum atomic E-state index is 12.8. The minimum Gasteiger partial charge on any atom is -0.487 e. The maximum Gasteiger partial charge on any atom is 0.328 e. The summed E-state index contributed by atoms with van der Waals surface area (Å²) in [5.74, 6) is 2.78. The number of rotatable bonds is 6. The molecule has 0 radical (unpaired) electrons. The lowest BCUT2D eigenvalue weighted by atomic mass is 9.48. The first kappa shape index (κ1) is 25.3. The predicted octanol–water partition coefficient (Wildman–Crippen LogP) is 5.61. The van der Waals surface area contributed by atoms with Crippen LogP contribution < -0.4 is 4.74 Å². The molecule has 7 heteroatoms. The van der Waals surface area contributed by atoms with Gasteiger partial charge in [-0.25, -0.2) is 4.68 Å². The molecule has 1 aromatic heterocycles. The van der Waals surface area contributed by atoms with Crippen LogP contribution in [0.1, 0.15) is 76.5 Å². The molecule has 0 saturated heterocycles. The topological polar surface area (TPSA) is 83.3 Å². The molecule has 4 aliphatic rings. The molecular weight excluding hydrogens is 478 g/mol. The first-order valence-corrected chi connectivity index (χ1v) is 14.3. The van der Waals surface area contributed by atoms with Crippen LogP contribution in [0.2, 0.25) is 0 Å². The third-order valence-electron chi connectivity index (χ3n) is 10.4. The molecule has 202 valence electrons. The van der Waals surface area contributed by atoms with Gasteiger partial charge < -0.3 is 9.47 Å². The minimum absolute atomic E-state index is 0.0450. The van der Waals surface area contributed by atoms with Crippen LogP contribution in [0.5, 0.6) is 5.75 Å². The van der Waals surface area contributed by atoms with Crippen LogP contribution in [0.4, 0.5) is 0 Å². The van der Waals surface area contributed by atoms with Crippen molar-refractivity contribution in [3.8, 4) is 5.75 Å². The van der Waals surface area contributed by atoms with E-state index in [0.717, 1.165) is 57.1 Å². The second-order valence-corrected chi connectivity index (χ2v) is 12.5. The van der Waals surface area contributed by atoms with Gasteiger partial charge in [0.2, 0.25) is 0 Å². The van der Waals surface area contributed by atoms with Gasteiger partial charge in [0.1, 0.15) is 36.5 Å². The smallest absolute Gasteiger partial charge is 0.328 e. The van der Waals surface area contributed by atoms with E-state index in [-0.39, 0.29) is 29.4 Å². The van der Waals surface area contributed by atoms with Crippen molar-refractivity contribution in [1.29, 1.82) is 0 Å². The van der Waals surface area contributed by atoms with Gasteiger partial charge in [-0.3, -0.25) is 9.59 Å². The number of fused-ring (bicyclic) bond motifs is 5. The second kappa shape index (κ2) is 9.65. The average molecular weight is 518 g/mol. The molecule has 0 N–H and O–H groups in total. The molecule has 0 spiro atoms.